The third-order valence-electron chi connectivity index (χ3n) is 6.35. The second-order valence-corrected chi connectivity index (χ2v) is 8.82. The van der Waals surface area contributed by atoms with E-state index >= 15 is 0 Å². The highest BCUT2D eigenvalue weighted by atomic mass is 16.5. The van der Waals surface area contributed by atoms with Gasteiger partial charge in [0.05, 0.1) is 11.3 Å². The molecular weight excluding hydrogens is 354 g/mol. The number of hydrogen-bond donors (Lipinski definition) is 0. The SMILES string of the molecule is Cc1noc(C)c1CN1C[C@H]2CC[C@@H](C1)N(C(=O)c1cc(C(C)C)oc1C)C2. The zero-order valence-electron chi connectivity index (χ0n) is 17.6. The lowest BCUT2D eigenvalue weighted by molar-refractivity contribution is 0.0583. The molecule has 6 nitrogen and oxygen atoms in total. The van der Waals surface area contributed by atoms with Gasteiger partial charge in [-0.2, -0.15) is 0 Å². The Morgan fingerprint density at radius 3 is 2.61 bits per heavy atom. The first-order chi connectivity index (χ1) is 13.3. The molecule has 0 unspecified atom stereocenters. The molecule has 0 radical (unpaired) electrons. The Kier molecular flexibility index (Phi) is 5.08. The van der Waals surface area contributed by atoms with Crippen LogP contribution in [0, 0.1) is 26.7 Å². The fraction of sp³-hybridized carbons (Fsp3) is 0.636. The van der Waals surface area contributed by atoms with Crippen LogP contribution in [0.15, 0.2) is 15.0 Å². The maximum Gasteiger partial charge on any atom is 0.257 e. The molecule has 152 valence electrons. The molecule has 3 fully saturated rings. The molecule has 2 aromatic heterocycles. The van der Waals surface area contributed by atoms with Crippen LogP contribution in [-0.4, -0.2) is 46.5 Å². The van der Waals surface area contributed by atoms with E-state index in [1.54, 1.807) is 0 Å². The van der Waals surface area contributed by atoms with E-state index in [9.17, 15) is 4.79 Å². The maximum atomic E-state index is 13.4. The van der Waals surface area contributed by atoms with Crippen molar-refractivity contribution in [3.8, 4) is 0 Å². The summed E-state index contributed by atoms with van der Waals surface area (Å²) in [6.07, 6.45) is 2.26. The van der Waals surface area contributed by atoms with E-state index in [4.69, 9.17) is 8.94 Å². The number of rotatable bonds is 4. The lowest BCUT2D eigenvalue weighted by atomic mass is 9.94. The van der Waals surface area contributed by atoms with E-state index in [-0.39, 0.29) is 17.9 Å². The predicted molar refractivity (Wildman–Crippen MR) is 106 cm³/mol. The third-order valence-corrected chi connectivity index (χ3v) is 6.35. The largest absolute Gasteiger partial charge is 0.465 e. The van der Waals surface area contributed by atoms with Crippen molar-refractivity contribution in [1.29, 1.82) is 0 Å². The molecule has 28 heavy (non-hydrogen) atoms. The normalized spacial score (nSPS) is 22.9. The molecular formula is C22H31N3O3. The molecule has 6 heteroatoms. The van der Waals surface area contributed by atoms with Crippen LogP contribution in [-0.2, 0) is 6.54 Å². The van der Waals surface area contributed by atoms with Crippen LogP contribution < -0.4 is 0 Å². The standard InChI is InChI=1S/C22H31N3O3/c1-13(2)21-8-19(15(4)27-21)22(26)25-10-17-6-7-18(25)11-24(9-17)12-20-14(3)23-28-16(20)5/h8,13,17-18H,6-7,9-12H2,1-5H3/t17-,18+/m1/s1. The molecule has 2 aromatic rings. The summed E-state index contributed by atoms with van der Waals surface area (Å²) in [6, 6.07) is 2.20. The van der Waals surface area contributed by atoms with Crippen molar-refractivity contribution in [2.24, 2.45) is 5.92 Å². The zero-order valence-corrected chi connectivity index (χ0v) is 17.6. The molecule has 0 saturated carbocycles. The summed E-state index contributed by atoms with van der Waals surface area (Å²) in [4.78, 5) is 17.9. The summed E-state index contributed by atoms with van der Waals surface area (Å²) < 4.78 is 11.2. The Bertz CT molecular complexity index is 847. The van der Waals surface area contributed by atoms with Crippen LogP contribution in [0.4, 0.5) is 0 Å². The molecule has 3 saturated heterocycles. The van der Waals surface area contributed by atoms with Crippen molar-refractivity contribution in [2.45, 2.75) is 66.0 Å². The Balaban J connectivity index is 1.53. The van der Waals surface area contributed by atoms with Gasteiger partial charge in [0.25, 0.3) is 5.91 Å². The molecule has 0 N–H and O–H groups in total. The van der Waals surface area contributed by atoms with E-state index in [0.29, 0.717) is 5.92 Å². The molecule has 0 aliphatic carbocycles. The number of hydrogen-bond acceptors (Lipinski definition) is 5. The highest BCUT2D eigenvalue weighted by Gasteiger charge is 2.38. The van der Waals surface area contributed by atoms with Gasteiger partial charge >= 0.3 is 0 Å². The summed E-state index contributed by atoms with van der Waals surface area (Å²) in [6.45, 7) is 13.7. The first-order valence-corrected chi connectivity index (χ1v) is 10.4. The van der Waals surface area contributed by atoms with E-state index in [1.165, 1.54) is 12.0 Å². The number of piperidine rings is 1. The van der Waals surface area contributed by atoms with Crippen LogP contribution in [0.25, 0.3) is 0 Å². The van der Waals surface area contributed by atoms with Gasteiger partial charge < -0.3 is 13.8 Å². The van der Waals surface area contributed by atoms with Gasteiger partial charge in [0.1, 0.15) is 17.3 Å². The number of carbonyl (C=O) groups excluding carboxylic acids is 1. The molecule has 2 bridgehead atoms. The summed E-state index contributed by atoms with van der Waals surface area (Å²) in [7, 11) is 0. The van der Waals surface area contributed by atoms with E-state index < -0.39 is 0 Å². The van der Waals surface area contributed by atoms with Gasteiger partial charge in [-0.3, -0.25) is 9.69 Å². The Morgan fingerprint density at radius 1 is 1.18 bits per heavy atom. The van der Waals surface area contributed by atoms with Crippen molar-refractivity contribution in [2.75, 3.05) is 19.6 Å². The topological polar surface area (TPSA) is 62.7 Å². The number of fused-ring (bicyclic) bond motifs is 4. The van der Waals surface area contributed by atoms with E-state index in [2.05, 4.69) is 28.8 Å². The molecule has 0 spiro atoms. The van der Waals surface area contributed by atoms with Gasteiger partial charge in [-0.15, -0.1) is 0 Å². The van der Waals surface area contributed by atoms with Crippen molar-refractivity contribution < 1.29 is 13.7 Å². The smallest absolute Gasteiger partial charge is 0.257 e. The summed E-state index contributed by atoms with van der Waals surface area (Å²) in [5.74, 6) is 3.45. The minimum Gasteiger partial charge on any atom is -0.465 e. The molecule has 5 rings (SSSR count). The lowest BCUT2D eigenvalue weighted by Gasteiger charge is -2.36. The average Bonchev–Trinajstić information content (AvgIpc) is 3.05. The lowest BCUT2D eigenvalue weighted by Crippen LogP contribution is -2.47. The van der Waals surface area contributed by atoms with E-state index in [1.807, 2.05) is 26.8 Å². The number of furan rings is 1. The quantitative estimate of drug-likeness (QED) is 0.794. The Hall–Kier alpha value is -2.08. The number of aromatic nitrogens is 1. The van der Waals surface area contributed by atoms with Crippen molar-refractivity contribution in [3.05, 3.63) is 40.2 Å². The monoisotopic (exact) mass is 385 g/mol. The number of carbonyl (C=O) groups is 1. The van der Waals surface area contributed by atoms with Crippen molar-refractivity contribution >= 4 is 5.91 Å². The Labute approximate surface area is 166 Å². The fourth-order valence-corrected chi connectivity index (χ4v) is 4.66. The second kappa shape index (κ2) is 7.39. The zero-order chi connectivity index (χ0) is 20.0. The molecule has 0 aromatic carbocycles. The number of amides is 1. The predicted octanol–water partition coefficient (Wildman–Crippen LogP) is 4.05. The summed E-state index contributed by atoms with van der Waals surface area (Å²) >= 11 is 0. The van der Waals surface area contributed by atoms with Crippen LogP contribution in [0.2, 0.25) is 0 Å². The Morgan fingerprint density at radius 2 is 1.96 bits per heavy atom. The molecule has 5 heterocycles. The first-order valence-electron chi connectivity index (χ1n) is 10.4. The van der Waals surface area contributed by atoms with Crippen molar-refractivity contribution in [3.63, 3.8) is 0 Å². The van der Waals surface area contributed by atoms with E-state index in [0.717, 1.165) is 61.1 Å². The van der Waals surface area contributed by atoms with Gasteiger partial charge in [0, 0.05) is 43.7 Å². The summed E-state index contributed by atoms with van der Waals surface area (Å²) in [5.41, 5.74) is 2.89. The summed E-state index contributed by atoms with van der Waals surface area (Å²) in [5, 5.41) is 4.09. The minimum atomic E-state index is 0.127. The second-order valence-electron chi connectivity index (χ2n) is 8.82. The highest BCUT2D eigenvalue weighted by Crippen LogP contribution is 2.32. The number of aryl methyl sites for hydroxylation is 3. The van der Waals surface area contributed by atoms with Crippen LogP contribution in [0.3, 0.4) is 0 Å². The van der Waals surface area contributed by atoms with Gasteiger partial charge in [-0.1, -0.05) is 19.0 Å². The van der Waals surface area contributed by atoms with Gasteiger partial charge in [0.15, 0.2) is 0 Å². The van der Waals surface area contributed by atoms with Gasteiger partial charge in [0.2, 0.25) is 0 Å². The molecule has 3 aliphatic heterocycles. The highest BCUT2D eigenvalue weighted by molar-refractivity contribution is 5.95. The fourth-order valence-electron chi connectivity index (χ4n) is 4.66. The molecule has 3 aliphatic rings. The van der Waals surface area contributed by atoms with Crippen LogP contribution in [0.5, 0.6) is 0 Å². The molecule has 1 amide bonds. The van der Waals surface area contributed by atoms with Crippen molar-refractivity contribution in [1.82, 2.24) is 15.0 Å². The average molecular weight is 386 g/mol. The van der Waals surface area contributed by atoms with Gasteiger partial charge in [-0.25, -0.2) is 0 Å². The van der Waals surface area contributed by atoms with Crippen LogP contribution in [0.1, 0.15) is 71.5 Å². The maximum absolute atomic E-state index is 13.4. The van der Waals surface area contributed by atoms with Gasteiger partial charge in [-0.05, 0) is 45.6 Å². The van der Waals surface area contributed by atoms with Crippen LogP contribution >= 0.6 is 0 Å². The molecule has 2 atom stereocenters. The third kappa shape index (κ3) is 3.50. The number of nitrogens with zero attached hydrogens (tertiary/aromatic N) is 3. The minimum absolute atomic E-state index is 0.127. The first kappa shape index (κ1) is 19.2.